The summed E-state index contributed by atoms with van der Waals surface area (Å²) >= 11 is 5.23. The summed E-state index contributed by atoms with van der Waals surface area (Å²) in [4.78, 5) is 14.1. The summed E-state index contributed by atoms with van der Waals surface area (Å²) in [5.41, 5.74) is 2.89. The molecular formula is C25H18BrN3S. The van der Waals surface area contributed by atoms with Crippen molar-refractivity contribution in [3.05, 3.63) is 112 Å². The van der Waals surface area contributed by atoms with E-state index in [0.29, 0.717) is 17.5 Å². The molecule has 3 nitrogen and oxygen atoms in total. The quantitative estimate of drug-likeness (QED) is 0.275. The maximum atomic E-state index is 4.70. The fourth-order valence-corrected chi connectivity index (χ4v) is 3.64. The van der Waals surface area contributed by atoms with Gasteiger partial charge in [-0.15, -0.1) is 0 Å². The highest BCUT2D eigenvalue weighted by molar-refractivity contribution is 9.10. The molecule has 0 saturated heterocycles. The Morgan fingerprint density at radius 2 is 0.967 bits per heavy atom. The van der Waals surface area contributed by atoms with E-state index in [1.54, 1.807) is 11.3 Å². The maximum absolute atomic E-state index is 4.70. The minimum Gasteiger partial charge on any atom is -0.208 e. The van der Waals surface area contributed by atoms with Gasteiger partial charge >= 0.3 is 0 Å². The van der Waals surface area contributed by atoms with Crippen LogP contribution >= 0.6 is 27.3 Å². The Bertz CT molecular complexity index is 1120. The van der Waals surface area contributed by atoms with E-state index in [-0.39, 0.29) is 0 Å². The van der Waals surface area contributed by atoms with Crippen molar-refractivity contribution in [3.8, 4) is 34.2 Å². The number of hydrogen-bond acceptors (Lipinski definition) is 4. The van der Waals surface area contributed by atoms with Gasteiger partial charge in [0.05, 0.1) is 0 Å². The lowest BCUT2D eigenvalue weighted by Gasteiger charge is -2.08. The van der Waals surface area contributed by atoms with E-state index in [1.807, 2.05) is 108 Å². The first-order valence-corrected chi connectivity index (χ1v) is 11.1. The summed E-state index contributed by atoms with van der Waals surface area (Å²) in [6.45, 7) is 0. The van der Waals surface area contributed by atoms with Gasteiger partial charge in [-0.3, -0.25) is 0 Å². The van der Waals surface area contributed by atoms with E-state index >= 15 is 0 Å². The van der Waals surface area contributed by atoms with E-state index in [0.717, 1.165) is 21.2 Å². The molecule has 5 aromatic rings. The molecule has 0 atom stereocenters. The van der Waals surface area contributed by atoms with Crippen LogP contribution in [0, 0.1) is 0 Å². The van der Waals surface area contributed by atoms with E-state index in [9.17, 15) is 0 Å². The van der Waals surface area contributed by atoms with Gasteiger partial charge in [-0.05, 0) is 22.9 Å². The lowest BCUT2D eigenvalue weighted by Crippen LogP contribution is -2.00. The lowest BCUT2D eigenvalue weighted by molar-refractivity contribution is 1.07. The number of nitrogens with zero attached hydrogens (tertiary/aromatic N) is 3. The lowest BCUT2D eigenvalue weighted by atomic mass is 10.1. The smallest absolute Gasteiger partial charge is 0.164 e. The third kappa shape index (κ3) is 5.26. The number of benzene rings is 3. The molecule has 0 aliphatic heterocycles. The normalized spacial score (nSPS) is 10.2. The molecule has 0 spiro atoms. The average molecular weight is 472 g/mol. The SMILES string of the molecule is Brc1cccc(-c2nc(-c3ccccc3)nc(-c3ccccc3)n2)c1.c1ccsc1. The highest BCUT2D eigenvalue weighted by Crippen LogP contribution is 2.25. The molecule has 0 fully saturated rings. The molecule has 0 amide bonds. The predicted molar refractivity (Wildman–Crippen MR) is 128 cm³/mol. The second kappa shape index (κ2) is 10.1. The van der Waals surface area contributed by atoms with E-state index in [4.69, 9.17) is 9.97 Å². The zero-order chi connectivity index (χ0) is 20.6. The van der Waals surface area contributed by atoms with Crippen molar-refractivity contribution in [1.82, 2.24) is 15.0 Å². The van der Waals surface area contributed by atoms with Gasteiger partial charge in [0.15, 0.2) is 17.5 Å². The summed E-state index contributed by atoms with van der Waals surface area (Å²) < 4.78 is 0.993. The summed E-state index contributed by atoms with van der Waals surface area (Å²) in [6, 6.07) is 32.0. The van der Waals surface area contributed by atoms with Crippen molar-refractivity contribution in [2.75, 3.05) is 0 Å². The molecule has 0 N–H and O–H groups in total. The van der Waals surface area contributed by atoms with Crippen LogP contribution in [0.2, 0.25) is 0 Å². The fraction of sp³-hybridized carbons (Fsp3) is 0. The summed E-state index contributed by atoms with van der Waals surface area (Å²) in [6.07, 6.45) is 0. The summed E-state index contributed by atoms with van der Waals surface area (Å²) in [5, 5.41) is 4.08. The number of thiophene rings is 1. The summed E-state index contributed by atoms with van der Waals surface area (Å²) in [5.74, 6) is 2.00. The van der Waals surface area contributed by atoms with Crippen molar-refractivity contribution in [3.63, 3.8) is 0 Å². The van der Waals surface area contributed by atoms with Crippen molar-refractivity contribution in [1.29, 1.82) is 0 Å². The third-order valence-corrected chi connectivity index (χ3v) is 5.33. The monoisotopic (exact) mass is 471 g/mol. The number of aromatic nitrogens is 3. The second-order valence-electron chi connectivity index (χ2n) is 6.34. The molecule has 5 rings (SSSR count). The van der Waals surface area contributed by atoms with Crippen molar-refractivity contribution in [2.45, 2.75) is 0 Å². The van der Waals surface area contributed by atoms with Gasteiger partial charge in [0.25, 0.3) is 0 Å². The highest BCUT2D eigenvalue weighted by atomic mass is 79.9. The van der Waals surface area contributed by atoms with Crippen molar-refractivity contribution in [2.24, 2.45) is 0 Å². The van der Waals surface area contributed by atoms with E-state index in [1.165, 1.54) is 0 Å². The Morgan fingerprint density at radius 1 is 0.500 bits per heavy atom. The molecule has 5 heteroatoms. The Labute approximate surface area is 188 Å². The first kappa shape index (κ1) is 20.1. The van der Waals surface area contributed by atoms with E-state index in [2.05, 4.69) is 20.9 Å². The largest absolute Gasteiger partial charge is 0.208 e. The Morgan fingerprint density at radius 3 is 1.40 bits per heavy atom. The Kier molecular flexibility index (Phi) is 6.75. The van der Waals surface area contributed by atoms with Gasteiger partial charge in [0, 0.05) is 21.2 Å². The maximum Gasteiger partial charge on any atom is 0.164 e. The highest BCUT2D eigenvalue weighted by Gasteiger charge is 2.11. The molecule has 0 aliphatic carbocycles. The molecule has 30 heavy (non-hydrogen) atoms. The van der Waals surface area contributed by atoms with Crippen LogP contribution in [0.1, 0.15) is 0 Å². The van der Waals surface area contributed by atoms with Crippen molar-refractivity contribution < 1.29 is 0 Å². The van der Waals surface area contributed by atoms with Gasteiger partial charge in [0.2, 0.25) is 0 Å². The van der Waals surface area contributed by atoms with Crippen LogP contribution in [0.3, 0.4) is 0 Å². The molecule has 2 heterocycles. The zero-order valence-electron chi connectivity index (χ0n) is 16.0. The van der Waals surface area contributed by atoms with Crippen LogP contribution in [0.5, 0.6) is 0 Å². The van der Waals surface area contributed by atoms with Crippen LogP contribution in [-0.4, -0.2) is 15.0 Å². The van der Waals surface area contributed by atoms with E-state index < -0.39 is 0 Å². The first-order chi connectivity index (χ1) is 14.8. The minimum absolute atomic E-state index is 0.661. The molecule has 0 saturated carbocycles. The number of hydrogen-bond donors (Lipinski definition) is 0. The standard InChI is InChI=1S/C21H14BrN3.C4H4S/c22-18-13-7-12-17(14-18)21-24-19(15-8-3-1-4-9-15)23-20(25-21)16-10-5-2-6-11-16;1-2-4-5-3-1/h1-14H;1-4H. The zero-order valence-corrected chi connectivity index (χ0v) is 18.4. The second-order valence-corrected chi connectivity index (χ2v) is 8.07. The topological polar surface area (TPSA) is 38.7 Å². The van der Waals surface area contributed by atoms with Gasteiger partial charge in [0.1, 0.15) is 0 Å². The van der Waals surface area contributed by atoms with Gasteiger partial charge in [-0.25, -0.2) is 15.0 Å². The van der Waals surface area contributed by atoms with Crippen LogP contribution in [0.25, 0.3) is 34.2 Å². The molecule has 0 radical (unpaired) electrons. The van der Waals surface area contributed by atoms with Crippen LogP contribution in [0.4, 0.5) is 0 Å². The van der Waals surface area contributed by atoms with Crippen LogP contribution < -0.4 is 0 Å². The predicted octanol–water partition coefficient (Wildman–Crippen LogP) is 7.38. The number of halogens is 1. The van der Waals surface area contributed by atoms with Gasteiger partial charge < -0.3 is 0 Å². The Hall–Kier alpha value is -3.15. The molecule has 0 bridgehead atoms. The molecule has 3 aromatic carbocycles. The Balaban J connectivity index is 0.000000383. The van der Waals surface area contributed by atoms with Crippen molar-refractivity contribution >= 4 is 27.3 Å². The molecule has 0 unspecified atom stereocenters. The average Bonchev–Trinajstić information content (AvgIpc) is 3.40. The van der Waals surface area contributed by atoms with Gasteiger partial charge in [-0.2, -0.15) is 11.3 Å². The van der Waals surface area contributed by atoms with Gasteiger partial charge in [-0.1, -0.05) is 101 Å². The number of rotatable bonds is 3. The third-order valence-electron chi connectivity index (χ3n) is 4.21. The summed E-state index contributed by atoms with van der Waals surface area (Å²) in [7, 11) is 0. The molecule has 2 aromatic heterocycles. The minimum atomic E-state index is 0.661. The first-order valence-electron chi connectivity index (χ1n) is 9.39. The molecule has 0 aliphatic rings. The van der Waals surface area contributed by atoms with Crippen LogP contribution in [0.15, 0.2) is 112 Å². The molecular weight excluding hydrogens is 454 g/mol. The fourth-order valence-electron chi connectivity index (χ4n) is 2.79. The molecule has 146 valence electrons. The van der Waals surface area contributed by atoms with Crippen LogP contribution in [-0.2, 0) is 0 Å².